The first-order valence-corrected chi connectivity index (χ1v) is 5.89. The fraction of sp³-hybridized carbons (Fsp3) is 0.385. The molecule has 3 rings (SSSR count). The van der Waals surface area contributed by atoms with Gasteiger partial charge in [0.25, 0.3) is 0 Å². The minimum absolute atomic E-state index is 0.282. The molecule has 1 unspecified atom stereocenters. The monoisotopic (exact) mass is 232 g/mol. The molecule has 4 heteroatoms. The zero-order valence-electron chi connectivity index (χ0n) is 9.82. The lowest BCUT2D eigenvalue weighted by Gasteiger charge is -2.09. The average molecular weight is 232 g/mol. The Bertz CT molecular complexity index is 515. The first-order valence-electron chi connectivity index (χ1n) is 5.89. The molecule has 0 bridgehead atoms. The summed E-state index contributed by atoms with van der Waals surface area (Å²) in [6, 6.07) is 8.00. The lowest BCUT2D eigenvalue weighted by atomic mass is 10.2. The van der Waals surface area contributed by atoms with Gasteiger partial charge in [-0.25, -0.2) is 0 Å². The Balaban J connectivity index is 1.85. The van der Waals surface area contributed by atoms with Crippen molar-refractivity contribution in [2.45, 2.75) is 12.5 Å². The Morgan fingerprint density at radius 1 is 1.29 bits per heavy atom. The smallest absolute Gasteiger partial charge is 0.192 e. The van der Waals surface area contributed by atoms with Gasteiger partial charge in [0.15, 0.2) is 5.88 Å². The van der Waals surface area contributed by atoms with E-state index in [9.17, 15) is 0 Å². The zero-order valence-corrected chi connectivity index (χ0v) is 9.82. The van der Waals surface area contributed by atoms with Crippen LogP contribution < -0.4 is 14.8 Å². The van der Waals surface area contributed by atoms with Gasteiger partial charge in [-0.1, -0.05) is 0 Å². The first-order chi connectivity index (χ1) is 8.35. The maximum atomic E-state index is 5.87. The van der Waals surface area contributed by atoms with Crippen LogP contribution in [0.5, 0.6) is 11.6 Å². The van der Waals surface area contributed by atoms with Crippen LogP contribution in [0.1, 0.15) is 6.42 Å². The van der Waals surface area contributed by atoms with E-state index in [1.54, 1.807) is 7.11 Å². The molecule has 2 N–H and O–H groups in total. The Hall–Kier alpha value is -1.68. The summed E-state index contributed by atoms with van der Waals surface area (Å²) in [5.41, 5.74) is 1.05. The van der Waals surface area contributed by atoms with E-state index in [1.807, 2.05) is 24.3 Å². The first kappa shape index (κ1) is 10.5. The zero-order chi connectivity index (χ0) is 11.7. The summed E-state index contributed by atoms with van der Waals surface area (Å²) in [4.78, 5) is 3.27. The van der Waals surface area contributed by atoms with E-state index >= 15 is 0 Å². The topological polar surface area (TPSA) is 46.3 Å². The van der Waals surface area contributed by atoms with Gasteiger partial charge in [-0.05, 0) is 25.1 Å². The quantitative estimate of drug-likeness (QED) is 0.849. The normalized spacial score (nSPS) is 19.7. The molecule has 1 atom stereocenters. The van der Waals surface area contributed by atoms with Crippen LogP contribution in [0, 0.1) is 0 Å². The molecule has 0 saturated carbocycles. The van der Waals surface area contributed by atoms with Crippen molar-refractivity contribution in [1.82, 2.24) is 10.3 Å². The van der Waals surface area contributed by atoms with Crippen LogP contribution in [0.2, 0.25) is 0 Å². The van der Waals surface area contributed by atoms with Crippen molar-refractivity contribution in [3.63, 3.8) is 0 Å². The molecule has 1 aliphatic heterocycles. The van der Waals surface area contributed by atoms with Crippen molar-refractivity contribution in [2.24, 2.45) is 0 Å². The molecule has 0 radical (unpaired) electrons. The van der Waals surface area contributed by atoms with E-state index in [0.29, 0.717) is 0 Å². The van der Waals surface area contributed by atoms with E-state index in [2.05, 4.69) is 10.3 Å². The van der Waals surface area contributed by atoms with Crippen LogP contribution in [0.4, 0.5) is 0 Å². The molecule has 1 saturated heterocycles. The minimum Gasteiger partial charge on any atom is -0.497 e. The Morgan fingerprint density at radius 3 is 3.00 bits per heavy atom. The highest BCUT2D eigenvalue weighted by Gasteiger charge is 2.16. The van der Waals surface area contributed by atoms with E-state index in [-0.39, 0.29) is 6.10 Å². The SMILES string of the molecule is COc1ccc2cc(OC3CCNC3)[nH]c2c1. The fourth-order valence-electron chi connectivity index (χ4n) is 2.18. The molecule has 17 heavy (non-hydrogen) atoms. The second-order valence-corrected chi connectivity index (χ2v) is 4.32. The molecule has 1 aromatic heterocycles. The summed E-state index contributed by atoms with van der Waals surface area (Å²) in [7, 11) is 1.67. The van der Waals surface area contributed by atoms with Gasteiger partial charge in [0.1, 0.15) is 11.9 Å². The largest absolute Gasteiger partial charge is 0.497 e. The highest BCUT2D eigenvalue weighted by molar-refractivity contribution is 5.82. The lowest BCUT2D eigenvalue weighted by molar-refractivity contribution is 0.216. The van der Waals surface area contributed by atoms with Crippen LogP contribution in [-0.4, -0.2) is 31.3 Å². The predicted molar refractivity (Wildman–Crippen MR) is 66.8 cm³/mol. The standard InChI is InChI=1S/C13H16N2O2/c1-16-10-3-2-9-6-13(15-12(9)7-10)17-11-4-5-14-8-11/h2-3,6-7,11,14-15H,4-5,8H2,1H3. The highest BCUT2D eigenvalue weighted by Crippen LogP contribution is 2.25. The summed E-state index contributed by atoms with van der Waals surface area (Å²) in [6.45, 7) is 1.97. The molecule has 2 heterocycles. The molecule has 1 aromatic carbocycles. The number of fused-ring (bicyclic) bond motifs is 1. The third-order valence-electron chi connectivity index (χ3n) is 3.11. The number of H-pyrrole nitrogens is 1. The van der Waals surface area contributed by atoms with Crippen LogP contribution >= 0.6 is 0 Å². The average Bonchev–Trinajstić information content (AvgIpc) is 2.96. The number of benzene rings is 1. The van der Waals surface area contributed by atoms with E-state index in [1.165, 1.54) is 0 Å². The second kappa shape index (κ2) is 4.30. The van der Waals surface area contributed by atoms with E-state index in [4.69, 9.17) is 9.47 Å². The number of ether oxygens (including phenoxy) is 2. The molecule has 0 spiro atoms. The molecule has 1 fully saturated rings. The van der Waals surface area contributed by atoms with Crippen LogP contribution in [0.15, 0.2) is 24.3 Å². The predicted octanol–water partition coefficient (Wildman–Crippen LogP) is 1.92. The van der Waals surface area contributed by atoms with Gasteiger partial charge < -0.3 is 19.8 Å². The Morgan fingerprint density at radius 2 is 2.24 bits per heavy atom. The highest BCUT2D eigenvalue weighted by atomic mass is 16.5. The third-order valence-corrected chi connectivity index (χ3v) is 3.11. The fourth-order valence-corrected chi connectivity index (χ4v) is 2.18. The number of hydrogen-bond acceptors (Lipinski definition) is 3. The summed E-state index contributed by atoms with van der Waals surface area (Å²) in [5.74, 6) is 1.69. The van der Waals surface area contributed by atoms with Gasteiger partial charge in [-0.2, -0.15) is 0 Å². The molecule has 4 nitrogen and oxygen atoms in total. The van der Waals surface area contributed by atoms with Crippen molar-refractivity contribution >= 4 is 10.9 Å². The van der Waals surface area contributed by atoms with Crippen molar-refractivity contribution < 1.29 is 9.47 Å². The van der Waals surface area contributed by atoms with Gasteiger partial charge in [0, 0.05) is 24.1 Å². The summed E-state index contributed by atoms with van der Waals surface area (Å²) < 4.78 is 11.1. The number of nitrogens with one attached hydrogen (secondary N) is 2. The van der Waals surface area contributed by atoms with Crippen LogP contribution in [-0.2, 0) is 0 Å². The second-order valence-electron chi connectivity index (χ2n) is 4.32. The van der Waals surface area contributed by atoms with E-state index < -0.39 is 0 Å². The molecule has 2 aromatic rings. The molecule has 0 amide bonds. The van der Waals surface area contributed by atoms with Crippen molar-refractivity contribution in [3.8, 4) is 11.6 Å². The van der Waals surface area contributed by atoms with Gasteiger partial charge in [-0.15, -0.1) is 0 Å². The van der Waals surface area contributed by atoms with Crippen molar-refractivity contribution in [2.75, 3.05) is 20.2 Å². The Kier molecular flexibility index (Phi) is 2.65. The van der Waals surface area contributed by atoms with Gasteiger partial charge in [0.05, 0.1) is 12.6 Å². The van der Waals surface area contributed by atoms with Crippen molar-refractivity contribution in [1.29, 1.82) is 0 Å². The number of aromatic amines is 1. The number of aromatic nitrogens is 1. The van der Waals surface area contributed by atoms with Gasteiger partial charge >= 0.3 is 0 Å². The van der Waals surface area contributed by atoms with Gasteiger partial charge in [-0.3, -0.25) is 0 Å². The van der Waals surface area contributed by atoms with Crippen LogP contribution in [0.25, 0.3) is 10.9 Å². The molecular formula is C13H16N2O2. The molecular weight excluding hydrogens is 216 g/mol. The summed E-state index contributed by atoms with van der Waals surface area (Å²) >= 11 is 0. The maximum absolute atomic E-state index is 5.87. The number of methoxy groups -OCH3 is 1. The summed E-state index contributed by atoms with van der Waals surface area (Å²) in [5, 5.41) is 4.43. The number of rotatable bonds is 3. The van der Waals surface area contributed by atoms with Crippen molar-refractivity contribution in [3.05, 3.63) is 24.3 Å². The maximum Gasteiger partial charge on any atom is 0.192 e. The van der Waals surface area contributed by atoms with Crippen LogP contribution in [0.3, 0.4) is 0 Å². The lowest BCUT2D eigenvalue weighted by Crippen LogP contribution is -2.19. The summed E-state index contributed by atoms with van der Waals surface area (Å²) in [6.07, 6.45) is 1.35. The van der Waals surface area contributed by atoms with Gasteiger partial charge in [0.2, 0.25) is 0 Å². The molecule has 1 aliphatic rings. The third kappa shape index (κ3) is 2.08. The Labute approximate surface area is 99.9 Å². The van der Waals surface area contributed by atoms with E-state index in [0.717, 1.165) is 42.0 Å². The number of hydrogen-bond donors (Lipinski definition) is 2. The molecule has 90 valence electrons. The minimum atomic E-state index is 0.282. The molecule has 0 aliphatic carbocycles.